The monoisotopic (exact) mass is 335 g/mol. The Morgan fingerprint density at radius 1 is 1.28 bits per heavy atom. The third-order valence-corrected chi connectivity index (χ3v) is 4.03. The van der Waals surface area contributed by atoms with E-state index in [-0.39, 0.29) is 5.91 Å². The first-order valence-corrected chi connectivity index (χ1v) is 7.95. The summed E-state index contributed by atoms with van der Waals surface area (Å²) < 4.78 is 3.43. The Hall–Kier alpha value is -3.42. The number of benzene rings is 1. The number of aryl methyl sites for hydroxylation is 2. The number of aromatic amines is 1. The Labute approximate surface area is 143 Å². The molecule has 1 amide bonds. The molecule has 0 saturated heterocycles. The number of aromatic nitrogens is 6. The second kappa shape index (κ2) is 5.90. The molecule has 0 fully saturated rings. The van der Waals surface area contributed by atoms with Crippen molar-refractivity contribution in [2.75, 3.05) is 5.32 Å². The van der Waals surface area contributed by atoms with E-state index in [1.54, 1.807) is 28.0 Å². The van der Waals surface area contributed by atoms with E-state index in [1.807, 2.05) is 38.4 Å². The molecule has 0 aliphatic heterocycles. The van der Waals surface area contributed by atoms with Crippen LogP contribution in [0.2, 0.25) is 0 Å². The summed E-state index contributed by atoms with van der Waals surface area (Å²) in [6, 6.07) is 5.65. The van der Waals surface area contributed by atoms with Gasteiger partial charge in [0.05, 0.1) is 29.2 Å². The lowest BCUT2D eigenvalue weighted by Crippen LogP contribution is -2.12. The highest BCUT2D eigenvalue weighted by Crippen LogP contribution is 2.25. The summed E-state index contributed by atoms with van der Waals surface area (Å²) in [7, 11) is 1.83. The molecular formula is C17H17N7O. The largest absolute Gasteiger partial charge is 0.320 e. The standard InChI is InChI=1S/C17H17N7O/c1-3-24-10-13(15(22-24)12-8-19-23(2)9-12)17(25)20-14-6-4-5-11-7-18-21-16(11)14/h4-10H,3H2,1-2H3,(H,18,21)(H,20,25). The quantitative estimate of drug-likeness (QED) is 0.599. The fourth-order valence-electron chi connectivity index (χ4n) is 2.77. The predicted molar refractivity (Wildman–Crippen MR) is 94.1 cm³/mol. The molecule has 126 valence electrons. The molecule has 0 atom stereocenters. The maximum Gasteiger partial charge on any atom is 0.259 e. The molecule has 0 aliphatic carbocycles. The summed E-state index contributed by atoms with van der Waals surface area (Å²) in [5.41, 5.74) is 3.40. The highest BCUT2D eigenvalue weighted by Gasteiger charge is 2.19. The number of anilines is 1. The molecule has 8 nitrogen and oxygen atoms in total. The summed E-state index contributed by atoms with van der Waals surface area (Å²) in [6.45, 7) is 2.66. The van der Waals surface area contributed by atoms with Gasteiger partial charge in [-0.1, -0.05) is 12.1 Å². The van der Waals surface area contributed by atoms with Crippen molar-refractivity contribution in [2.45, 2.75) is 13.5 Å². The van der Waals surface area contributed by atoms with Gasteiger partial charge in [0.1, 0.15) is 5.69 Å². The van der Waals surface area contributed by atoms with Crippen molar-refractivity contribution < 1.29 is 4.79 Å². The van der Waals surface area contributed by atoms with Crippen molar-refractivity contribution >= 4 is 22.5 Å². The van der Waals surface area contributed by atoms with Crippen LogP contribution in [-0.2, 0) is 13.6 Å². The van der Waals surface area contributed by atoms with Crippen molar-refractivity contribution in [2.24, 2.45) is 7.05 Å². The molecule has 1 aromatic carbocycles. The van der Waals surface area contributed by atoms with E-state index >= 15 is 0 Å². The zero-order valence-corrected chi connectivity index (χ0v) is 13.9. The van der Waals surface area contributed by atoms with Gasteiger partial charge in [-0.25, -0.2) is 0 Å². The van der Waals surface area contributed by atoms with Gasteiger partial charge < -0.3 is 5.32 Å². The van der Waals surface area contributed by atoms with Gasteiger partial charge in [0.2, 0.25) is 0 Å². The number of fused-ring (bicyclic) bond motifs is 1. The summed E-state index contributed by atoms with van der Waals surface area (Å²) in [5, 5.41) is 19.5. The summed E-state index contributed by atoms with van der Waals surface area (Å²) in [4.78, 5) is 12.9. The lowest BCUT2D eigenvalue weighted by Gasteiger charge is -2.05. The lowest BCUT2D eigenvalue weighted by molar-refractivity contribution is 0.102. The van der Waals surface area contributed by atoms with Crippen LogP contribution in [0.5, 0.6) is 0 Å². The number of nitrogens with one attached hydrogen (secondary N) is 2. The zero-order chi connectivity index (χ0) is 17.4. The fourth-order valence-corrected chi connectivity index (χ4v) is 2.77. The molecule has 0 saturated carbocycles. The van der Waals surface area contributed by atoms with E-state index in [0.717, 1.165) is 16.5 Å². The van der Waals surface area contributed by atoms with Gasteiger partial charge in [0.15, 0.2) is 0 Å². The Morgan fingerprint density at radius 3 is 2.92 bits per heavy atom. The number of para-hydroxylation sites is 1. The maximum absolute atomic E-state index is 12.9. The minimum Gasteiger partial charge on any atom is -0.320 e. The topological polar surface area (TPSA) is 93.4 Å². The van der Waals surface area contributed by atoms with E-state index in [9.17, 15) is 4.79 Å². The van der Waals surface area contributed by atoms with Crippen molar-refractivity contribution in [1.82, 2.24) is 29.8 Å². The van der Waals surface area contributed by atoms with E-state index in [4.69, 9.17) is 0 Å². The van der Waals surface area contributed by atoms with Crippen LogP contribution < -0.4 is 5.32 Å². The smallest absolute Gasteiger partial charge is 0.259 e. The molecule has 2 N–H and O–H groups in total. The molecule has 4 aromatic rings. The zero-order valence-electron chi connectivity index (χ0n) is 13.9. The molecule has 0 radical (unpaired) electrons. The number of carbonyl (C=O) groups excluding carboxylic acids is 1. The minimum atomic E-state index is -0.222. The van der Waals surface area contributed by atoms with Crippen LogP contribution in [0.3, 0.4) is 0 Å². The second-order valence-electron chi connectivity index (χ2n) is 5.74. The molecule has 0 bridgehead atoms. The summed E-state index contributed by atoms with van der Waals surface area (Å²) >= 11 is 0. The van der Waals surface area contributed by atoms with Crippen LogP contribution in [0, 0.1) is 0 Å². The van der Waals surface area contributed by atoms with Gasteiger partial charge >= 0.3 is 0 Å². The average molecular weight is 335 g/mol. The van der Waals surface area contributed by atoms with Gasteiger partial charge in [-0.15, -0.1) is 0 Å². The highest BCUT2D eigenvalue weighted by atomic mass is 16.1. The number of carbonyl (C=O) groups is 1. The number of hydrogen-bond acceptors (Lipinski definition) is 4. The van der Waals surface area contributed by atoms with Gasteiger partial charge in [-0.05, 0) is 13.0 Å². The molecule has 3 heterocycles. The molecule has 4 rings (SSSR count). The average Bonchev–Trinajstić information content (AvgIpc) is 3.33. The Bertz CT molecular complexity index is 1060. The highest BCUT2D eigenvalue weighted by molar-refractivity contribution is 6.10. The lowest BCUT2D eigenvalue weighted by atomic mass is 10.1. The van der Waals surface area contributed by atoms with Crippen LogP contribution in [-0.4, -0.2) is 35.7 Å². The van der Waals surface area contributed by atoms with Gasteiger partial charge in [0.25, 0.3) is 5.91 Å². The van der Waals surface area contributed by atoms with Gasteiger partial charge in [-0.2, -0.15) is 15.3 Å². The first-order valence-electron chi connectivity index (χ1n) is 7.95. The number of rotatable bonds is 4. The van der Waals surface area contributed by atoms with Crippen LogP contribution in [0.4, 0.5) is 5.69 Å². The molecular weight excluding hydrogens is 318 g/mol. The summed E-state index contributed by atoms with van der Waals surface area (Å²) in [5.74, 6) is -0.222. The SMILES string of the molecule is CCn1cc(C(=O)Nc2cccc3cn[nH]c23)c(-c2cnn(C)c2)n1. The summed E-state index contributed by atoms with van der Waals surface area (Å²) in [6.07, 6.45) is 7.02. The van der Waals surface area contributed by atoms with Crippen LogP contribution in [0.15, 0.2) is 43.0 Å². The molecule has 8 heteroatoms. The van der Waals surface area contributed by atoms with E-state index in [0.29, 0.717) is 23.5 Å². The Morgan fingerprint density at radius 2 is 2.16 bits per heavy atom. The Balaban J connectivity index is 1.72. The van der Waals surface area contributed by atoms with Crippen molar-refractivity contribution in [1.29, 1.82) is 0 Å². The van der Waals surface area contributed by atoms with Crippen molar-refractivity contribution in [3.63, 3.8) is 0 Å². The number of nitrogens with zero attached hydrogens (tertiary/aromatic N) is 5. The maximum atomic E-state index is 12.9. The number of hydrogen-bond donors (Lipinski definition) is 2. The fraction of sp³-hybridized carbons (Fsp3) is 0.176. The minimum absolute atomic E-state index is 0.222. The third kappa shape index (κ3) is 2.67. The van der Waals surface area contributed by atoms with Crippen LogP contribution in [0.1, 0.15) is 17.3 Å². The van der Waals surface area contributed by atoms with Crippen molar-refractivity contribution in [3.05, 3.63) is 48.5 Å². The van der Waals surface area contributed by atoms with Gasteiger partial charge in [-0.3, -0.25) is 19.3 Å². The van der Waals surface area contributed by atoms with E-state index < -0.39 is 0 Å². The van der Waals surface area contributed by atoms with E-state index in [2.05, 4.69) is 25.7 Å². The predicted octanol–water partition coefficient (Wildman–Crippen LogP) is 2.43. The second-order valence-corrected chi connectivity index (χ2v) is 5.74. The molecule has 25 heavy (non-hydrogen) atoms. The number of H-pyrrole nitrogens is 1. The number of amides is 1. The van der Waals surface area contributed by atoms with Crippen molar-refractivity contribution in [3.8, 4) is 11.3 Å². The molecule has 0 aliphatic rings. The molecule has 3 aromatic heterocycles. The van der Waals surface area contributed by atoms with Crippen LogP contribution in [0.25, 0.3) is 22.2 Å². The normalized spacial score (nSPS) is 11.1. The van der Waals surface area contributed by atoms with E-state index in [1.165, 1.54) is 0 Å². The first-order chi connectivity index (χ1) is 12.2. The molecule has 0 spiro atoms. The van der Waals surface area contributed by atoms with Gasteiger partial charge in [0, 0.05) is 36.9 Å². The van der Waals surface area contributed by atoms with Crippen LogP contribution >= 0.6 is 0 Å². The molecule has 0 unspecified atom stereocenters. The Kier molecular flexibility index (Phi) is 3.57. The first kappa shape index (κ1) is 15.1. The third-order valence-electron chi connectivity index (χ3n) is 4.03.